The molecular formula is C27H25FN6O3S2. The number of sulfone groups is 1. The number of hydrogen-bond donors (Lipinski definition) is 2. The number of nitrogens with zero attached hydrogens (tertiary/aromatic N) is 4. The van der Waals surface area contributed by atoms with Crippen molar-refractivity contribution in [3.8, 4) is 21.8 Å². The fraction of sp³-hybridized carbons (Fsp3) is 0.185. The van der Waals surface area contributed by atoms with Crippen LogP contribution in [0, 0.1) is 5.82 Å². The van der Waals surface area contributed by atoms with Crippen LogP contribution in [0.25, 0.3) is 21.8 Å². The topological polar surface area (TPSA) is 123 Å². The van der Waals surface area contributed by atoms with Crippen molar-refractivity contribution >= 4 is 27.1 Å². The van der Waals surface area contributed by atoms with Gasteiger partial charge in [-0.1, -0.05) is 0 Å². The third kappa shape index (κ3) is 6.29. The first-order chi connectivity index (χ1) is 18.8. The molecule has 0 radical (unpaired) electrons. The summed E-state index contributed by atoms with van der Waals surface area (Å²) >= 11 is 1.25. The largest absolute Gasteiger partial charge is 0.352 e. The number of aromatic nitrogens is 5. The number of halogens is 1. The van der Waals surface area contributed by atoms with E-state index in [1.54, 1.807) is 53.8 Å². The monoisotopic (exact) mass is 564 g/mol. The van der Waals surface area contributed by atoms with E-state index in [1.807, 2.05) is 6.20 Å². The van der Waals surface area contributed by atoms with Crippen molar-refractivity contribution in [2.24, 2.45) is 7.05 Å². The molecule has 0 aliphatic carbocycles. The Bertz CT molecular complexity index is 1690. The van der Waals surface area contributed by atoms with E-state index in [0.717, 1.165) is 18.4 Å². The molecule has 0 saturated heterocycles. The highest BCUT2D eigenvalue weighted by Gasteiger charge is 2.24. The predicted molar refractivity (Wildman–Crippen MR) is 146 cm³/mol. The first-order valence-corrected chi connectivity index (χ1v) is 14.6. The zero-order valence-electron chi connectivity index (χ0n) is 21.0. The minimum atomic E-state index is -3.83. The van der Waals surface area contributed by atoms with Gasteiger partial charge in [0.2, 0.25) is 0 Å². The Labute approximate surface area is 228 Å². The maximum atomic E-state index is 13.5. The lowest BCUT2D eigenvalue weighted by molar-refractivity contribution is 0.0953. The van der Waals surface area contributed by atoms with Crippen molar-refractivity contribution in [1.82, 2.24) is 30.3 Å². The molecule has 0 aliphatic heterocycles. The number of H-pyrrole nitrogens is 1. The van der Waals surface area contributed by atoms with Crippen molar-refractivity contribution in [2.75, 3.05) is 6.54 Å². The highest BCUT2D eigenvalue weighted by molar-refractivity contribution is 7.90. The number of carbonyl (C=O) groups excluding carboxylic acids is 1. The number of aromatic amines is 1. The number of nitrogens with one attached hydrogen (secondary N) is 2. The van der Waals surface area contributed by atoms with E-state index < -0.39 is 9.84 Å². The molecule has 5 aromatic rings. The summed E-state index contributed by atoms with van der Waals surface area (Å²) in [6.07, 6.45) is 6.72. The maximum Gasteiger partial charge on any atom is 0.251 e. The Morgan fingerprint density at radius 3 is 2.69 bits per heavy atom. The van der Waals surface area contributed by atoms with Crippen molar-refractivity contribution < 1.29 is 17.6 Å². The maximum absolute atomic E-state index is 13.5. The lowest BCUT2D eigenvalue weighted by Crippen LogP contribution is -2.25. The number of amides is 1. The molecular weight excluding hydrogens is 539 g/mol. The van der Waals surface area contributed by atoms with Crippen molar-refractivity contribution in [3.63, 3.8) is 0 Å². The first kappa shape index (κ1) is 26.4. The van der Waals surface area contributed by atoms with Gasteiger partial charge in [-0.15, -0.1) is 11.3 Å². The molecule has 12 heteroatoms. The molecule has 0 spiro atoms. The van der Waals surface area contributed by atoms with Crippen molar-refractivity contribution in [2.45, 2.75) is 23.5 Å². The summed E-state index contributed by atoms with van der Waals surface area (Å²) < 4.78 is 42.0. The average Bonchev–Trinajstić information content (AvgIpc) is 3.69. The molecule has 0 aliphatic rings. The number of benzene rings is 2. The van der Waals surface area contributed by atoms with Gasteiger partial charge in [-0.2, -0.15) is 10.2 Å². The summed E-state index contributed by atoms with van der Waals surface area (Å²) in [6.45, 7) is 0.449. The second-order valence-corrected chi connectivity index (χ2v) is 11.8. The summed E-state index contributed by atoms with van der Waals surface area (Å²) in [5, 5.41) is 16.0. The van der Waals surface area contributed by atoms with Gasteiger partial charge < -0.3 is 5.32 Å². The lowest BCUT2D eigenvalue weighted by Gasteiger charge is -2.11. The SMILES string of the molecule is Cn1ccc(CS(=O)(=O)c2ccc(C(=O)NCCCc3cn[nH]c3)cc2-c2nc(-c3ccc(F)cc3)cs2)n1. The second-order valence-electron chi connectivity index (χ2n) is 8.96. The zero-order valence-corrected chi connectivity index (χ0v) is 22.6. The Morgan fingerprint density at radius 2 is 1.97 bits per heavy atom. The van der Waals surface area contributed by atoms with E-state index in [4.69, 9.17) is 0 Å². The predicted octanol–water partition coefficient (Wildman–Crippen LogP) is 4.41. The van der Waals surface area contributed by atoms with Crippen LogP contribution in [0.1, 0.15) is 28.0 Å². The van der Waals surface area contributed by atoms with Crippen LogP contribution in [0.2, 0.25) is 0 Å². The quantitative estimate of drug-likeness (QED) is 0.242. The molecule has 200 valence electrons. The van der Waals surface area contributed by atoms with Crippen LogP contribution in [0.4, 0.5) is 4.39 Å². The highest BCUT2D eigenvalue weighted by atomic mass is 32.2. The Hall–Kier alpha value is -4.16. The molecule has 3 heterocycles. The lowest BCUT2D eigenvalue weighted by atomic mass is 10.1. The molecule has 5 rings (SSSR count). The van der Waals surface area contributed by atoms with Crippen molar-refractivity contribution in [1.29, 1.82) is 0 Å². The van der Waals surface area contributed by atoms with Crippen LogP contribution in [0.5, 0.6) is 0 Å². The Morgan fingerprint density at radius 1 is 1.15 bits per heavy atom. The molecule has 0 saturated carbocycles. The van der Waals surface area contributed by atoms with E-state index in [0.29, 0.717) is 39.6 Å². The van der Waals surface area contributed by atoms with Gasteiger partial charge >= 0.3 is 0 Å². The number of aryl methyl sites for hydroxylation is 2. The van der Waals surface area contributed by atoms with Crippen LogP contribution in [0.3, 0.4) is 0 Å². The van der Waals surface area contributed by atoms with Gasteiger partial charge in [0, 0.05) is 48.1 Å². The summed E-state index contributed by atoms with van der Waals surface area (Å²) in [6, 6.07) is 12.1. The van der Waals surface area contributed by atoms with E-state index in [1.165, 1.54) is 35.6 Å². The van der Waals surface area contributed by atoms with Crippen LogP contribution in [-0.4, -0.2) is 45.8 Å². The molecule has 0 fully saturated rings. The van der Waals surface area contributed by atoms with Gasteiger partial charge in [-0.3, -0.25) is 14.6 Å². The third-order valence-corrected chi connectivity index (χ3v) is 8.62. The minimum absolute atomic E-state index is 0.0599. The summed E-state index contributed by atoms with van der Waals surface area (Å²) in [7, 11) is -2.11. The first-order valence-electron chi connectivity index (χ1n) is 12.1. The van der Waals surface area contributed by atoms with E-state index in [2.05, 4.69) is 25.6 Å². The summed E-state index contributed by atoms with van der Waals surface area (Å²) in [5.41, 5.74) is 3.39. The number of carbonyl (C=O) groups is 1. The average molecular weight is 565 g/mol. The second kappa shape index (κ2) is 11.3. The third-order valence-electron chi connectivity index (χ3n) is 6.04. The molecule has 0 bridgehead atoms. The minimum Gasteiger partial charge on any atom is -0.352 e. The van der Waals surface area contributed by atoms with Gasteiger partial charge in [0.15, 0.2) is 9.84 Å². The number of rotatable bonds is 10. The smallest absolute Gasteiger partial charge is 0.251 e. The van der Waals surface area contributed by atoms with Crippen molar-refractivity contribution in [3.05, 3.63) is 95.1 Å². The zero-order chi connectivity index (χ0) is 27.4. The summed E-state index contributed by atoms with van der Waals surface area (Å²) in [5.74, 6) is -0.968. The van der Waals surface area contributed by atoms with E-state index in [9.17, 15) is 17.6 Å². The normalized spacial score (nSPS) is 11.5. The molecule has 2 N–H and O–H groups in total. The van der Waals surface area contributed by atoms with E-state index in [-0.39, 0.29) is 22.4 Å². The Kier molecular flexibility index (Phi) is 7.66. The fourth-order valence-electron chi connectivity index (χ4n) is 4.08. The molecule has 9 nitrogen and oxygen atoms in total. The van der Waals surface area contributed by atoms with Gasteiger partial charge in [-0.05, 0) is 66.9 Å². The van der Waals surface area contributed by atoms with E-state index >= 15 is 0 Å². The van der Waals surface area contributed by atoms with Gasteiger partial charge in [0.05, 0.1) is 28.2 Å². The number of hydrogen-bond acceptors (Lipinski definition) is 7. The van der Waals surface area contributed by atoms with Crippen LogP contribution < -0.4 is 5.32 Å². The fourth-order valence-corrected chi connectivity index (χ4v) is 6.47. The molecule has 1 amide bonds. The molecule has 2 aromatic carbocycles. The van der Waals surface area contributed by atoms with Gasteiger partial charge in [0.25, 0.3) is 5.91 Å². The van der Waals surface area contributed by atoms with Gasteiger partial charge in [-0.25, -0.2) is 17.8 Å². The molecule has 39 heavy (non-hydrogen) atoms. The summed E-state index contributed by atoms with van der Waals surface area (Å²) in [4.78, 5) is 17.7. The Balaban J connectivity index is 1.44. The molecule has 0 atom stereocenters. The van der Waals surface area contributed by atoms with Crippen LogP contribution in [0.15, 0.2) is 77.4 Å². The highest BCUT2D eigenvalue weighted by Crippen LogP contribution is 2.35. The molecule has 3 aromatic heterocycles. The number of thiazole rings is 1. The van der Waals surface area contributed by atoms with Crippen LogP contribution >= 0.6 is 11.3 Å². The standard InChI is InChI=1S/C27H25FN6O3S2/c1-34-12-10-22(33-34)17-39(36,37)25-9-6-20(26(35)29-11-2-3-18-14-30-31-15-18)13-23(25)27-32-24(16-38-27)19-4-7-21(28)8-5-19/h4-10,12-16H,2-3,11,17H2,1H3,(H,29,35)(H,30,31). The van der Waals surface area contributed by atoms with Crippen LogP contribution in [-0.2, 0) is 29.1 Å². The van der Waals surface area contributed by atoms with Gasteiger partial charge in [0.1, 0.15) is 10.8 Å². The molecule has 0 unspecified atom stereocenters.